The number of piperidine rings is 1. The summed E-state index contributed by atoms with van der Waals surface area (Å²) in [4.78, 5) is 31.5. The molecule has 10 heteroatoms. The van der Waals surface area contributed by atoms with Crippen molar-refractivity contribution in [3.05, 3.63) is 65.8 Å². The Hall–Kier alpha value is -3.63. The number of aromatic nitrogens is 4. The highest BCUT2D eigenvalue weighted by Crippen LogP contribution is 2.36. The first-order chi connectivity index (χ1) is 17.9. The molecule has 3 fully saturated rings. The first kappa shape index (κ1) is 23.7. The highest BCUT2D eigenvalue weighted by atomic mass is 32.1. The van der Waals surface area contributed by atoms with Crippen molar-refractivity contribution in [2.75, 3.05) is 30.4 Å². The van der Waals surface area contributed by atoms with Crippen LogP contribution in [0.15, 0.2) is 54.3 Å². The Labute approximate surface area is 218 Å². The Morgan fingerprint density at radius 2 is 1.86 bits per heavy atom. The van der Waals surface area contributed by atoms with Crippen LogP contribution in [0.5, 0.6) is 0 Å². The van der Waals surface area contributed by atoms with Crippen LogP contribution in [0.4, 0.5) is 15.9 Å². The van der Waals surface area contributed by atoms with Crippen LogP contribution in [0.2, 0.25) is 0 Å². The molecular formula is C27H28FN7OS. The first-order valence-electron chi connectivity index (χ1n) is 12.4. The van der Waals surface area contributed by atoms with Gasteiger partial charge in [0.1, 0.15) is 28.0 Å². The first-order valence-corrected chi connectivity index (χ1v) is 13.3. The van der Waals surface area contributed by atoms with Crippen molar-refractivity contribution >= 4 is 28.7 Å². The number of nitrogens with one attached hydrogen (secondary N) is 1. The largest absolute Gasteiger partial charge is 0.367 e. The third-order valence-corrected chi connectivity index (χ3v) is 8.17. The van der Waals surface area contributed by atoms with E-state index < -0.39 is 0 Å². The van der Waals surface area contributed by atoms with Crippen LogP contribution in [0.1, 0.15) is 36.8 Å². The van der Waals surface area contributed by atoms with Gasteiger partial charge < -0.3 is 14.8 Å². The number of likely N-dealkylation sites (N-methyl/N-ethyl adjacent to an activating group) is 1. The standard InChI is InChI=1S/C27H28FN7OS/c1-16(2)35-15-30-24(17-4-6-18(28)7-5-17)25(35)27-31-22(14-37-27)26(36)32-23-9-8-19(11-29-23)34-12-20-10-21(13-34)33(20)3/h4-9,11,14-16,20-21H,10,12-13H2,1-3H3,(H,29,32,36). The second kappa shape index (κ2) is 9.35. The molecule has 2 atom stereocenters. The minimum atomic E-state index is -0.317. The molecule has 0 aliphatic carbocycles. The fourth-order valence-electron chi connectivity index (χ4n) is 5.11. The minimum absolute atomic E-state index is 0.131. The van der Waals surface area contributed by atoms with E-state index >= 15 is 0 Å². The predicted molar refractivity (Wildman–Crippen MR) is 143 cm³/mol. The quantitative estimate of drug-likeness (QED) is 0.391. The summed E-state index contributed by atoms with van der Waals surface area (Å²) in [7, 11) is 2.19. The molecule has 1 amide bonds. The maximum atomic E-state index is 13.5. The summed E-state index contributed by atoms with van der Waals surface area (Å²) in [6.45, 7) is 6.13. The third-order valence-electron chi connectivity index (χ3n) is 7.32. The van der Waals surface area contributed by atoms with Crippen molar-refractivity contribution < 1.29 is 9.18 Å². The molecule has 1 aromatic carbocycles. The van der Waals surface area contributed by atoms with Crippen LogP contribution in [0.25, 0.3) is 22.0 Å². The lowest BCUT2D eigenvalue weighted by atomic mass is 9.88. The summed E-state index contributed by atoms with van der Waals surface area (Å²) < 4.78 is 15.5. The molecule has 3 aliphatic rings. The van der Waals surface area contributed by atoms with E-state index in [9.17, 15) is 9.18 Å². The van der Waals surface area contributed by atoms with Gasteiger partial charge in [-0.05, 0) is 63.7 Å². The molecule has 6 heterocycles. The Balaban J connectivity index is 1.19. The van der Waals surface area contributed by atoms with Crippen molar-refractivity contribution in [3.63, 3.8) is 0 Å². The maximum absolute atomic E-state index is 13.5. The summed E-state index contributed by atoms with van der Waals surface area (Å²) in [5, 5.41) is 5.28. The zero-order valence-electron chi connectivity index (χ0n) is 20.9. The van der Waals surface area contributed by atoms with Gasteiger partial charge in [0.25, 0.3) is 5.91 Å². The normalized spacial score (nSPS) is 19.2. The van der Waals surface area contributed by atoms with Crippen LogP contribution in [0.3, 0.4) is 0 Å². The molecule has 37 heavy (non-hydrogen) atoms. The number of imidazole rings is 1. The van der Waals surface area contributed by atoms with Gasteiger partial charge in [-0.15, -0.1) is 11.3 Å². The minimum Gasteiger partial charge on any atom is -0.367 e. The number of hydrogen-bond donors (Lipinski definition) is 1. The number of hydrogen-bond acceptors (Lipinski definition) is 7. The van der Waals surface area contributed by atoms with Crippen molar-refractivity contribution in [1.82, 2.24) is 24.4 Å². The molecule has 4 aromatic rings. The number of pyridine rings is 1. The smallest absolute Gasteiger partial charge is 0.276 e. The molecule has 3 aliphatic heterocycles. The lowest BCUT2D eigenvalue weighted by Crippen LogP contribution is -2.67. The van der Waals surface area contributed by atoms with Crippen LogP contribution in [0, 0.1) is 5.82 Å². The number of thiazole rings is 1. The molecule has 1 N–H and O–H groups in total. The molecule has 0 radical (unpaired) electrons. The van der Waals surface area contributed by atoms with E-state index in [4.69, 9.17) is 0 Å². The Kier molecular flexibility index (Phi) is 6.00. The van der Waals surface area contributed by atoms with Gasteiger partial charge >= 0.3 is 0 Å². The third kappa shape index (κ3) is 4.40. The summed E-state index contributed by atoms with van der Waals surface area (Å²) in [5.41, 5.74) is 3.68. The van der Waals surface area contributed by atoms with Crippen molar-refractivity contribution in [1.29, 1.82) is 0 Å². The molecular weight excluding hydrogens is 489 g/mol. The topological polar surface area (TPSA) is 79.2 Å². The van der Waals surface area contributed by atoms with Crippen molar-refractivity contribution in [2.45, 2.75) is 38.4 Å². The monoisotopic (exact) mass is 517 g/mol. The van der Waals surface area contributed by atoms with Crippen LogP contribution in [-0.4, -0.2) is 62.5 Å². The average Bonchev–Trinajstić information content (AvgIpc) is 3.57. The fraction of sp³-hybridized carbons (Fsp3) is 0.333. The molecule has 0 saturated carbocycles. The zero-order chi connectivity index (χ0) is 25.7. The van der Waals surface area contributed by atoms with E-state index in [-0.39, 0.29) is 17.8 Å². The molecule has 7 rings (SSSR count). The Morgan fingerprint density at radius 1 is 1.11 bits per heavy atom. The fourth-order valence-corrected chi connectivity index (χ4v) is 5.95. The molecule has 3 aromatic heterocycles. The number of carbonyl (C=O) groups excluding carboxylic acids is 1. The highest BCUT2D eigenvalue weighted by Gasteiger charge is 2.42. The lowest BCUT2D eigenvalue weighted by molar-refractivity contribution is 0.0264. The van der Waals surface area contributed by atoms with Crippen LogP contribution < -0.4 is 10.2 Å². The summed E-state index contributed by atoms with van der Waals surface area (Å²) >= 11 is 1.38. The summed E-state index contributed by atoms with van der Waals surface area (Å²) in [6, 6.07) is 11.5. The molecule has 3 saturated heterocycles. The van der Waals surface area contributed by atoms with Gasteiger partial charge in [-0.25, -0.2) is 19.3 Å². The second-order valence-corrected chi connectivity index (χ2v) is 10.8. The number of halogens is 1. The van der Waals surface area contributed by atoms with Crippen LogP contribution in [-0.2, 0) is 0 Å². The van der Waals surface area contributed by atoms with Crippen molar-refractivity contribution in [3.8, 4) is 22.0 Å². The Morgan fingerprint density at radius 3 is 2.51 bits per heavy atom. The van der Waals surface area contributed by atoms with E-state index in [0.717, 1.165) is 30.0 Å². The summed E-state index contributed by atoms with van der Waals surface area (Å²) in [5.74, 6) is -0.132. The lowest BCUT2D eigenvalue weighted by Gasteiger charge is -2.55. The number of benzene rings is 1. The number of carbonyl (C=O) groups is 1. The van der Waals surface area contributed by atoms with Crippen LogP contribution >= 0.6 is 11.3 Å². The van der Waals surface area contributed by atoms with E-state index in [1.165, 1.54) is 29.9 Å². The highest BCUT2D eigenvalue weighted by molar-refractivity contribution is 7.13. The number of piperazine rings is 1. The molecule has 0 spiro atoms. The average molecular weight is 518 g/mol. The molecule has 8 nitrogen and oxygen atoms in total. The SMILES string of the molecule is CC(C)n1cnc(-c2ccc(F)cc2)c1-c1nc(C(=O)Nc2ccc(N3CC4CC(C3)N4C)cn2)cs1. The van der Waals surface area contributed by atoms with Gasteiger partial charge in [0, 0.05) is 42.2 Å². The Bertz CT molecular complexity index is 1420. The molecule has 190 valence electrons. The predicted octanol–water partition coefficient (Wildman–Crippen LogP) is 4.93. The van der Waals surface area contributed by atoms with E-state index in [0.29, 0.717) is 34.3 Å². The number of nitrogens with zero attached hydrogens (tertiary/aromatic N) is 6. The van der Waals surface area contributed by atoms with E-state index in [1.54, 1.807) is 23.8 Å². The van der Waals surface area contributed by atoms with Gasteiger partial charge in [-0.1, -0.05) is 0 Å². The second-order valence-electron chi connectivity index (χ2n) is 9.96. The number of amides is 1. The van der Waals surface area contributed by atoms with Crippen molar-refractivity contribution in [2.24, 2.45) is 0 Å². The number of fused-ring (bicyclic) bond motifs is 2. The van der Waals surface area contributed by atoms with Gasteiger partial charge in [0.2, 0.25) is 0 Å². The molecule has 2 unspecified atom stereocenters. The number of anilines is 2. The maximum Gasteiger partial charge on any atom is 0.276 e. The number of rotatable bonds is 6. The summed E-state index contributed by atoms with van der Waals surface area (Å²) in [6.07, 6.45) is 4.85. The van der Waals surface area contributed by atoms with Gasteiger partial charge in [-0.3, -0.25) is 9.69 Å². The van der Waals surface area contributed by atoms with E-state index in [1.807, 2.05) is 22.9 Å². The molecule has 2 bridgehead atoms. The zero-order valence-corrected chi connectivity index (χ0v) is 21.7. The van der Waals surface area contributed by atoms with E-state index in [2.05, 4.69) is 51.0 Å². The van der Waals surface area contributed by atoms with Gasteiger partial charge in [-0.2, -0.15) is 0 Å². The van der Waals surface area contributed by atoms with Gasteiger partial charge in [0.05, 0.1) is 23.9 Å². The van der Waals surface area contributed by atoms with Gasteiger partial charge in [0.15, 0.2) is 0 Å².